The highest BCUT2D eigenvalue weighted by Gasteiger charge is 2.47. The molecule has 3 amide bonds. The van der Waals surface area contributed by atoms with Gasteiger partial charge in [0.2, 0.25) is 11.8 Å². The largest absolute Gasteiger partial charge is 0.497 e. The molecule has 1 aliphatic heterocycles. The summed E-state index contributed by atoms with van der Waals surface area (Å²) in [5, 5.41) is 6.28. The number of ether oxygens (including phenoxy) is 3. The summed E-state index contributed by atoms with van der Waals surface area (Å²) in [5.74, 6) is -1.12. The fraction of sp³-hybridized carbons (Fsp3) is 0.442. The molecule has 5 atom stereocenters. The molecule has 57 heavy (non-hydrogen) atoms. The molecule has 1 saturated heterocycles. The maximum absolute atomic E-state index is 14.7. The van der Waals surface area contributed by atoms with Crippen molar-refractivity contribution in [1.82, 2.24) is 20.5 Å². The van der Waals surface area contributed by atoms with E-state index < -0.39 is 54.9 Å². The Morgan fingerprint density at radius 2 is 1.61 bits per heavy atom. The van der Waals surface area contributed by atoms with Gasteiger partial charge in [0.1, 0.15) is 47.3 Å². The zero-order valence-electron chi connectivity index (χ0n) is 33.2. The SMILES string of the molecule is CCCC(NC(=O)[C@@H]1C[C@@H](Oc2cc(-c3ccccc3)nc3cc(OC)ccc23)CN1C(=O)[C@@H](NC(=O)OC1CCCC1)C(C)(C)C)P(=O)(O)Oc1ccccc1. The van der Waals surface area contributed by atoms with Crippen molar-refractivity contribution in [2.75, 3.05) is 13.7 Å². The van der Waals surface area contributed by atoms with E-state index >= 15 is 0 Å². The normalized spacial score (nSPS) is 19.3. The molecule has 6 rings (SSSR count). The average molecular weight is 801 g/mol. The molecule has 2 aliphatic rings. The Bertz CT molecular complexity index is 2070. The molecule has 3 N–H and O–H groups in total. The Labute approximate surface area is 334 Å². The summed E-state index contributed by atoms with van der Waals surface area (Å²) in [4.78, 5) is 59.8. The number of rotatable bonds is 14. The molecular formula is C43H53N4O9P. The molecule has 0 radical (unpaired) electrons. The third-order valence-corrected chi connectivity index (χ3v) is 12.0. The number of methoxy groups -OCH3 is 1. The van der Waals surface area contributed by atoms with E-state index in [9.17, 15) is 23.8 Å². The molecule has 0 spiro atoms. The highest BCUT2D eigenvalue weighted by Crippen LogP contribution is 2.48. The molecule has 2 heterocycles. The monoisotopic (exact) mass is 800 g/mol. The lowest BCUT2D eigenvalue weighted by Crippen LogP contribution is -2.58. The van der Waals surface area contributed by atoms with Crippen molar-refractivity contribution < 1.29 is 42.6 Å². The summed E-state index contributed by atoms with van der Waals surface area (Å²) >= 11 is 0. The highest BCUT2D eigenvalue weighted by atomic mass is 31.2. The predicted molar refractivity (Wildman–Crippen MR) is 217 cm³/mol. The van der Waals surface area contributed by atoms with Crippen LogP contribution in [0.25, 0.3) is 22.2 Å². The third-order valence-electron chi connectivity index (χ3n) is 10.4. The number of alkyl carbamates (subject to hydrolysis) is 1. The standard InChI is InChI=1S/C43H53N4O9P/c1-6-15-38(57(51,52)56-30-20-11-8-12-21-30)45-40(48)36-25-32(27-47(36)41(49)39(43(2,3)4)46-42(50)55-29-18-13-14-19-29)54-37-26-34(28-16-9-7-10-17-28)44-35-24-31(53-5)22-23-33(35)37/h7-12,16-17,20-24,26,29,32,36,38-39H,6,13-15,18-19,25,27H2,1-5H3,(H,45,48)(H,46,50)(H,51,52)/t32-,36+,38?,39-/m1/s1. The first-order valence-electron chi connectivity index (χ1n) is 19.6. The van der Waals surface area contributed by atoms with Crippen molar-refractivity contribution >= 4 is 36.4 Å². The highest BCUT2D eigenvalue weighted by molar-refractivity contribution is 7.54. The summed E-state index contributed by atoms with van der Waals surface area (Å²) in [7, 11) is -2.87. The molecule has 1 saturated carbocycles. The van der Waals surface area contributed by atoms with Crippen LogP contribution in [0.3, 0.4) is 0 Å². The Morgan fingerprint density at radius 3 is 2.26 bits per heavy atom. The van der Waals surface area contributed by atoms with Crippen molar-refractivity contribution in [1.29, 1.82) is 0 Å². The minimum absolute atomic E-state index is 0.0146. The van der Waals surface area contributed by atoms with E-state index in [4.69, 9.17) is 23.7 Å². The van der Waals surface area contributed by atoms with Crippen molar-refractivity contribution in [2.45, 2.75) is 103 Å². The lowest BCUT2D eigenvalue weighted by molar-refractivity contribution is -0.142. The number of nitrogens with zero attached hydrogens (tertiary/aromatic N) is 2. The van der Waals surface area contributed by atoms with Crippen molar-refractivity contribution in [3.05, 3.63) is 84.9 Å². The molecule has 13 nitrogen and oxygen atoms in total. The fourth-order valence-electron chi connectivity index (χ4n) is 7.38. The van der Waals surface area contributed by atoms with E-state index in [1.54, 1.807) is 37.4 Å². The van der Waals surface area contributed by atoms with Crippen LogP contribution in [0.5, 0.6) is 17.2 Å². The van der Waals surface area contributed by atoms with Gasteiger partial charge < -0.3 is 39.2 Å². The van der Waals surface area contributed by atoms with E-state index in [0.29, 0.717) is 34.5 Å². The number of hydrogen-bond donors (Lipinski definition) is 3. The Balaban J connectivity index is 1.33. The van der Waals surface area contributed by atoms with Gasteiger partial charge in [-0.2, -0.15) is 0 Å². The number of fused-ring (bicyclic) bond motifs is 1. The Kier molecular flexibility index (Phi) is 13.1. The molecule has 14 heteroatoms. The van der Waals surface area contributed by atoms with Crippen LogP contribution < -0.4 is 24.6 Å². The van der Waals surface area contributed by atoms with Crippen LogP contribution in [0.4, 0.5) is 4.79 Å². The number of para-hydroxylation sites is 1. The average Bonchev–Trinajstić information content (AvgIpc) is 3.86. The number of carbonyl (C=O) groups is 3. The minimum atomic E-state index is -4.45. The van der Waals surface area contributed by atoms with Gasteiger partial charge in [0, 0.05) is 29.5 Å². The first kappa shape index (κ1) is 41.5. The summed E-state index contributed by atoms with van der Waals surface area (Å²) in [5.41, 5.74) is 1.36. The maximum Gasteiger partial charge on any atom is 0.408 e. The first-order chi connectivity index (χ1) is 27.2. The smallest absolute Gasteiger partial charge is 0.408 e. The summed E-state index contributed by atoms with van der Waals surface area (Å²) < 4.78 is 37.2. The molecule has 304 valence electrons. The molecule has 1 aromatic heterocycles. The maximum atomic E-state index is 14.7. The van der Waals surface area contributed by atoms with Gasteiger partial charge in [0.25, 0.3) is 0 Å². The zero-order valence-corrected chi connectivity index (χ0v) is 34.1. The predicted octanol–water partition coefficient (Wildman–Crippen LogP) is 7.85. The number of carbonyl (C=O) groups excluding carboxylic acids is 3. The number of benzene rings is 3. The molecule has 3 aromatic carbocycles. The minimum Gasteiger partial charge on any atom is -0.497 e. The Hall–Kier alpha value is -5.13. The van der Waals surface area contributed by atoms with Crippen LogP contribution in [0.1, 0.15) is 72.6 Å². The van der Waals surface area contributed by atoms with Crippen LogP contribution >= 0.6 is 7.60 Å². The second kappa shape index (κ2) is 18.0. The molecule has 1 aliphatic carbocycles. The quantitative estimate of drug-likeness (QED) is 0.107. The van der Waals surface area contributed by atoms with E-state index in [2.05, 4.69) is 10.6 Å². The van der Waals surface area contributed by atoms with Gasteiger partial charge >= 0.3 is 13.7 Å². The van der Waals surface area contributed by atoms with E-state index in [1.807, 2.05) is 82.3 Å². The van der Waals surface area contributed by atoms with Crippen LogP contribution in [0.15, 0.2) is 84.9 Å². The van der Waals surface area contributed by atoms with E-state index in [-0.39, 0.29) is 31.2 Å². The van der Waals surface area contributed by atoms with Crippen LogP contribution in [-0.4, -0.2) is 76.4 Å². The number of pyridine rings is 1. The van der Waals surface area contributed by atoms with Crippen molar-refractivity contribution in [3.63, 3.8) is 0 Å². The van der Waals surface area contributed by atoms with Crippen LogP contribution in [0, 0.1) is 5.41 Å². The number of likely N-dealkylation sites (tertiary alicyclic amines) is 1. The van der Waals surface area contributed by atoms with Crippen molar-refractivity contribution in [3.8, 4) is 28.5 Å². The van der Waals surface area contributed by atoms with Gasteiger partial charge in [-0.05, 0) is 61.8 Å². The van der Waals surface area contributed by atoms with Gasteiger partial charge in [-0.1, -0.05) is 82.6 Å². The fourth-order valence-corrected chi connectivity index (χ4v) is 8.81. The van der Waals surface area contributed by atoms with E-state index in [0.717, 1.165) is 31.2 Å². The number of hydrogen-bond acceptors (Lipinski definition) is 9. The third kappa shape index (κ3) is 10.3. The molecule has 4 aromatic rings. The molecule has 2 unspecified atom stereocenters. The van der Waals surface area contributed by atoms with Crippen molar-refractivity contribution in [2.24, 2.45) is 5.41 Å². The topological polar surface area (TPSA) is 166 Å². The second-order valence-corrected chi connectivity index (χ2v) is 17.7. The molecular weight excluding hydrogens is 747 g/mol. The van der Waals surface area contributed by atoms with Gasteiger partial charge in [0.15, 0.2) is 0 Å². The second-order valence-electron chi connectivity index (χ2n) is 15.8. The summed E-state index contributed by atoms with van der Waals surface area (Å²) in [6, 6.07) is 23.0. The number of aromatic nitrogens is 1. The van der Waals surface area contributed by atoms with Gasteiger partial charge in [-0.25, -0.2) is 14.3 Å². The zero-order chi connectivity index (χ0) is 40.7. The molecule has 0 bridgehead atoms. The van der Waals surface area contributed by atoms with Crippen LogP contribution in [0.2, 0.25) is 0 Å². The number of nitrogens with one attached hydrogen (secondary N) is 2. The first-order valence-corrected chi connectivity index (χ1v) is 21.3. The summed E-state index contributed by atoms with van der Waals surface area (Å²) in [6.45, 7) is 7.30. The molecule has 2 fully saturated rings. The van der Waals surface area contributed by atoms with Gasteiger partial charge in [-0.3, -0.25) is 9.59 Å². The van der Waals surface area contributed by atoms with Gasteiger partial charge in [0.05, 0.1) is 24.9 Å². The van der Waals surface area contributed by atoms with Crippen LogP contribution in [-0.2, 0) is 18.9 Å². The Morgan fingerprint density at radius 1 is 0.930 bits per heavy atom. The van der Waals surface area contributed by atoms with Gasteiger partial charge in [-0.15, -0.1) is 0 Å². The summed E-state index contributed by atoms with van der Waals surface area (Å²) in [6.07, 6.45) is 2.51. The number of amides is 3. The van der Waals surface area contributed by atoms with E-state index in [1.165, 1.54) is 4.90 Å². The lowest BCUT2D eigenvalue weighted by Gasteiger charge is -2.35. The lowest BCUT2D eigenvalue weighted by atomic mass is 9.85.